The van der Waals surface area contributed by atoms with E-state index in [9.17, 15) is 4.79 Å². The van der Waals surface area contributed by atoms with E-state index < -0.39 is 0 Å². The van der Waals surface area contributed by atoms with Crippen molar-refractivity contribution in [1.29, 1.82) is 0 Å². The van der Waals surface area contributed by atoms with E-state index >= 15 is 0 Å². The van der Waals surface area contributed by atoms with Crippen LogP contribution in [0.5, 0.6) is 0 Å². The van der Waals surface area contributed by atoms with E-state index in [4.69, 9.17) is 0 Å². The van der Waals surface area contributed by atoms with Crippen molar-refractivity contribution in [2.24, 2.45) is 10.9 Å². The largest absolute Gasteiger partial charge is 0.359 e. The quantitative estimate of drug-likeness (QED) is 0.643. The molecule has 1 aromatic rings. The average Bonchev–Trinajstić information content (AvgIpc) is 2.57. The fraction of sp³-hybridized carbons (Fsp3) is 0.562. The van der Waals surface area contributed by atoms with Gasteiger partial charge in [0.2, 0.25) is 5.91 Å². The van der Waals surface area contributed by atoms with Gasteiger partial charge in [0.25, 0.3) is 0 Å². The van der Waals surface area contributed by atoms with Crippen molar-refractivity contribution >= 4 is 11.9 Å². The zero-order valence-corrected chi connectivity index (χ0v) is 13.4. The molecular weight excluding hydrogens is 278 g/mol. The maximum atomic E-state index is 11.4. The summed E-state index contributed by atoms with van der Waals surface area (Å²) in [4.78, 5) is 22.4. The minimum atomic E-state index is 0.135. The number of likely N-dealkylation sites (tertiary alicyclic amines) is 1. The number of hydrogen-bond donors (Lipinski definition) is 2. The zero-order chi connectivity index (χ0) is 15.8. The van der Waals surface area contributed by atoms with Gasteiger partial charge in [-0.15, -0.1) is 0 Å². The van der Waals surface area contributed by atoms with Gasteiger partial charge in [0, 0.05) is 39.8 Å². The molecule has 0 atom stereocenters. The molecule has 1 aliphatic heterocycles. The Morgan fingerprint density at radius 1 is 1.41 bits per heavy atom. The van der Waals surface area contributed by atoms with E-state index in [1.54, 1.807) is 20.3 Å². The fourth-order valence-corrected chi connectivity index (χ4v) is 2.72. The maximum Gasteiger partial charge on any atom is 0.220 e. The summed E-state index contributed by atoms with van der Waals surface area (Å²) in [7, 11) is 3.50. The SMILES string of the molecule is CN=C(NCc1ccccn1)N1CCC(CC(=O)NC)CC1. The monoisotopic (exact) mass is 303 g/mol. The number of nitrogens with one attached hydrogen (secondary N) is 2. The van der Waals surface area contributed by atoms with E-state index in [1.165, 1.54) is 0 Å². The molecule has 0 unspecified atom stereocenters. The minimum Gasteiger partial charge on any atom is -0.359 e. The van der Waals surface area contributed by atoms with Gasteiger partial charge in [-0.1, -0.05) is 6.07 Å². The minimum absolute atomic E-state index is 0.135. The smallest absolute Gasteiger partial charge is 0.220 e. The fourth-order valence-electron chi connectivity index (χ4n) is 2.72. The van der Waals surface area contributed by atoms with Gasteiger partial charge in [-0.2, -0.15) is 0 Å². The van der Waals surface area contributed by atoms with Crippen LogP contribution in [0, 0.1) is 5.92 Å². The van der Waals surface area contributed by atoms with Crippen molar-refractivity contribution in [3.8, 4) is 0 Å². The molecule has 2 rings (SSSR count). The van der Waals surface area contributed by atoms with Gasteiger partial charge >= 0.3 is 0 Å². The highest BCUT2D eigenvalue weighted by Crippen LogP contribution is 2.20. The van der Waals surface area contributed by atoms with Crippen LogP contribution in [0.25, 0.3) is 0 Å². The summed E-state index contributed by atoms with van der Waals surface area (Å²) in [6.45, 7) is 2.54. The Morgan fingerprint density at radius 2 is 2.18 bits per heavy atom. The Bertz CT molecular complexity index is 495. The van der Waals surface area contributed by atoms with Crippen molar-refractivity contribution in [3.63, 3.8) is 0 Å². The van der Waals surface area contributed by atoms with Crippen LogP contribution in [0.15, 0.2) is 29.4 Å². The molecule has 1 aliphatic rings. The number of piperidine rings is 1. The van der Waals surface area contributed by atoms with Crippen LogP contribution in [0.1, 0.15) is 25.0 Å². The highest BCUT2D eigenvalue weighted by molar-refractivity contribution is 5.80. The molecule has 0 aromatic carbocycles. The van der Waals surface area contributed by atoms with Crippen LogP contribution in [-0.4, -0.2) is 48.9 Å². The summed E-state index contributed by atoms with van der Waals surface area (Å²) in [6.07, 6.45) is 4.48. The summed E-state index contributed by atoms with van der Waals surface area (Å²) in [5.41, 5.74) is 0.998. The first-order valence-corrected chi connectivity index (χ1v) is 7.79. The van der Waals surface area contributed by atoms with E-state index in [0.717, 1.165) is 37.6 Å². The second-order valence-electron chi connectivity index (χ2n) is 5.53. The number of carbonyl (C=O) groups is 1. The number of carbonyl (C=O) groups excluding carboxylic acids is 1. The van der Waals surface area contributed by atoms with Crippen molar-refractivity contribution in [3.05, 3.63) is 30.1 Å². The molecule has 22 heavy (non-hydrogen) atoms. The van der Waals surface area contributed by atoms with Crippen molar-refractivity contribution in [1.82, 2.24) is 20.5 Å². The predicted molar refractivity (Wildman–Crippen MR) is 87.4 cm³/mol. The van der Waals surface area contributed by atoms with Crippen molar-refractivity contribution in [2.75, 3.05) is 27.2 Å². The third kappa shape index (κ3) is 4.72. The maximum absolute atomic E-state index is 11.4. The number of aliphatic imine (C=N–C) groups is 1. The summed E-state index contributed by atoms with van der Waals surface area (Å²) >= 11 is 0. The number of guanidine groups is 1. The molecule has 6 nitrogen and oxygen atoms in total. The van der Waals surface area contributed by atoms with Crippen LogP contribution < -0.4 is 10.6 Å². The predicted octanol–water partition coefficient (Wildman–Crippen LogP) is 1.01. The second kappa shape index (κ2) is 8.36. The lowest BCUT2D eigenvalue weighted by Crippen LogP contribution is -2.45. The Balaban J connectivity index is 1.80. The first-order valence-electron chi connectivity index (χ1n) is 7.79. The van der Waals surface area contributed by atoms with Gasteiger partial charge in [-0.25, -0.2) is 0 Å². The number of nitrogens with zero attached hydrogens (tertiary/aromatic N) is 3. The van der Waals surface area contributed by atoms with Gasteiger partial charge in [0.15, 0.2) is 5.96 Å². The summed E-state index contributed by atoms with van der Waals surface area (Å²) in [6, 6.07) is 5.89. The molecule has 0 bridgehead atoms. The number of hydrogen-bond acceptors (Lipinski definition) is 3. The molecule has 0 saturated carbocycles. The Morgan fingerprint density at radius 3 is 2.77 bits per heavy atom. The third-order valence-corrected chi connectivity index (χ3v) is 4.03. The number of amides is 1. The highest BCUT2D eigenvalue weighted by Gasteiger charge is 2.22. The average molecular weight is 303 g/mol. The second-order valence-corrected chi connectivity index (χ2v) is 5.53. The zero-order valence-electron chi connectivity index (χ0n) is 13.4. The number of rotatable bonds is 4. The van der Waals surface area contributed by atoms with Crippen molar-refractivity contribution in [2.45, 2.75) is 25.8 Å². The molecule has 1 fully saturated rings. The van der Waals surface area contributed by atoms with Gasteiger partial charge in [-0.3, -0.25) is 14.8 Å². The van der Waals surface area contributed by atoms with E-state index in [0.29, 0.717) is 18.9 Å². The van der Waals surface area contributed by atoms with Gasteiger partial charge in [0.1, 0.15) is 0 Å². The highest BCUT2D eigenvalue weighted by atomic mass is 16.1. The molecule has 0 radical (unpaired) electrons. The van der Waals surface area contributed by atoms with E-state index in [1.807, 2.05) is 18.2 Å². The van der Waals surface area contributed by atoms with Crippen LogP contribution in [0.3, 0.4) is 0 Å². The lowest BCUT2D eigenvalue weighted by molar-refractivity contribution is -0.121. The summed E-state index contributed by atoms with van der Waals surface area (Å²) in [5, 5.41) is 6.06. The number of aromatic nitrogens is 1. The molecule has 2 heterocycles. The topological polar surface area (TPSA) is 69.6 Å². The molecule has 1 amide bonds. The third-order valence-electron chi connectivity index (χ3n) is 4.03. The summed E-state index contributed by atoms with van der Waals surface area (Å²) < 4.78 is 0. The molecule has 0 spiro atoms. The molecule has 120 valence electrons. The first kappa shape index (κ1) is 16.3. The Kier molecular flexibility index (Phi) is 6.18. The van der Waals surface area contributed by atoms with Gasteiger partial charge in [0.05, 0.1) is 12.2 Å². The normalized spacial score (nSPS) is 16.5. The molecule has 6 heteroatoms. The molecule has 1 aromatic heterocycles. The first-order chi connectivity index (χ1) is 10.7. The molecule has 1 saturated heterocycles. The Hall–Kier alpha value is -2.11. The van der Waals surface area contributed by atoms with Crippen LogP contribution in [0.4, 0.5) is 0 Å². The van der Waals surface area contributed by atoms with Gasteiger partial charge in [-0.05, 0) is 30.9 Å². The van der Waals surface area contributed by atoms with Crippen LogP contribution in [0.2, 0.25) is 0 Å². The molecule has 2 N–H and O–H groups in total. The molecular formula is C16H25N5O. The number of pyridine rings is 1. The lowest BCUT2D eigenvalue weighted by Gasteiger charge is -2.34. The van der Waals surface area contributed by atoms with E-state index in [2.05, 4.69) is 25.5 Å². The Labute approximate surface area is 132 Å². The van der Waals surface area contributed by atoms with Gasteiger partial charge < -0.3 is 15.5 Å². The van der Waals surface area contributed by atoms with Crippen LogP contribution >= 0.6 is 0 Å². The van der Waals surface area contributed by atoms with Crippen LogP contribution in [-0.2, 0) is 11.3 Å². The standard InChI is InChI=1S/C16H25N5O/c1-17-15(22)11-13-6-9-21(10-7-13)16(18-2)20-12-14-5-3-4-8-19-14/h3-5,8,13H,6-7,9-12H2,1-2H3,(H,17,22)(H,18,20). The van der Waals surface area contributed by atoms with E-state index in [-0.39, 0.29) is 5.91 Å². The lowest BCUT2D eigenvalue weighted by atomic mass is 9.93. The summed E-state index contributed by atoms with van der Waals surface area (Å²) in [5.74, 6) is 1.52. The van der Waals surface area contributed by atoms with Crippen molar-refractivity contribution < 1.29 is 4.79 Å². The molecule has 0 aliphatic carbocycles.